The molecule has 1 N–H and O–H groups in total. The third-order valence-corrected chi connectivity index (χ3v) is 2.25. The lowest BCUT2D eigenvalue weighted by atomic mass is 10.1. The zero-order valence-corrected chi connectivity index (χ0v) is 8.23. The van der Waals surface area contributed by atoms with E-state index in [2.05, 4.69) is 0 Å². The Balaban J connectivity index is 2.18. The Hall–Kier alpha value is -0.160. The second kappa shape index (κ2) is 5.54. The van der Waals surface area contributed by atoms with Crippen molar-refractivity contribution in [2.24, 2.45) is 0 Å². The first kappa shape index (κ1) is 10.9. The first-order valence-electron chi connectivity index (χ1n) is 4.64. The Labute approximate surface area is 78.8 Å². The maximum Gasteiger partial charge on any atom is 0.0860 e. The van der Waals surface area contributed by atoms with Crippen molar-refractivity contribution in [1.29, 1.82) is 0 Å². The first-order chi connectivity index (χ1) is 6.27. The van der Waals surface area contributed by atoms with Gasteiger partial charge in [-0.3, -0.25) is 0 Å². The van der Waals surface area contributed by atoms with E-state index >= 15 is 0 Å². The summed E-state index contributed by atoms with van der Waals surface area (Å²) in [5.74, 6) is 0. The van der Waals surface area contributed by atoms with Gasteiger partial charge < -0.3 is 19.3 Å². The van der Waals surface area contributed by atoms with Crippen molar-refractivity contribution < 1.29 is 19.3 Å². The lowest BCUT2D eigenvalue weighted by Gasteiger charge is -2.14. The molecule has 0 bridgehead atoms. The summed E-state index contributed by atoms with van der Waals surface area (Å²) in [6, 6.07) is 0. The molecular formula is C9H18O4. The molecule has 78 valence electrons. The van der Waals surface area contributed by atoms with Crippen LogP contribution in [0.5, 0.6) is 0 Å². The number of hydrogen-bond donors (Lipinski definition) is 1. The highest BCUT2D eigenvalue weighted by Gasteiger charge is 2.32. The van der Waals surface area contributed by atoms with Gasteiger partial charge in [0, 0.05) is 13.5 Å². The van der Waals surface area contributed by atoms with Gasteiger partial charge in [0.05, 0.1) is 38.1 Å². The molecule has 1 saturated heterocycles. The molecule has 4 nitrogen and oxygen atoms in total. The van der Waals surface area contributed by atoms with Gasteiger partial charge in [0.2, 0.25) is 0 Å². The minimum atomic E-state index is -0.0532. The number of aliphatic hydroxyl groups is 1. The van der Waals surface area contributed by atoms with E-state index in [4.69, 9.17) is 19.3 Å². The van der Waals surface area contributed by atoms with Gasteiger partial charge in [-0.15, -0.1) is 0 Å². The lowest BCUT2D eigenvalue weighted by Crippen LogP contribution is -2.22. The van der Waals surface area contributed by atoms with Gasteiger partial charge in [-0.25, -0.2) is 0 Å². The molecule has 1 aliphatic heterocycles. The molecule has 0 amide bonds. The van der Waals surface area contributed by atoms with Crippen LogP contribution in [0.2, 0.25) is 0 Å². The maximum absolute atomic E-state index is 8.87. The van der Waals surface area contributed by atoms with E-state index in [1.807, 2.05) is 6.92 Å². The number of aliphatic hydroxyl groups excluding tert-OH is 1. The van der Waals surface area contributed by atoms with E-state index in [1.165, 1.54) is 0 Å². The van der Waals surface area contributed by atoms with Crippen LogP contribution in [0.15, 0.2) is 0 Å². The monoisotopic (exact) mass is 190 g/mol. The summed E-state index contributed by atoms with van der Waals surface area (Å²) >= 11 is 0. The second-order valence-corrected chi connectivity index (χ2v) is 3.28. The fraction of sp³-hybridized carbons (Fsp3) is 1.00. The van der Waals surface area contributed by atoms with Crippen LogP contribution in [-0.4, -0.2) is 50.3 Å². The second-order valence-electron chi connectivity index (χ2n) is 3.28. The summed E-state index contributed by atoms with van der Waals surface area (Å²) < 4.78 is 15.8. The van der Waals surface area contributed by atoms with E-state index in [0.29, 0.717) is 13.2 Å². The highest BCUT2D eigenvalue weighted by atomic mass is 16.6. The Morgan fingerprint density at radius 1 is 1.46 bits per heavy atom. The van der Waals surface area contributed by atoms with E-state index in [9.17, 15) is 0 Å². The molecule has 0 aromatic carbocycles. The van der Waals surface area contributed by atoms with Gasteiger partial charge in [-0.05, 0) is 6.92 Å². The summed E-state index contributed by atoms with van der Waals surface area (Å²) in [6.07, 6.45) is 0.908. The van der Waals surface area contributed by atoms with E-state index < -0.39 is 0 Å². The topological polar surface area (TPSA) is 47.9 Å². The Bertz CT molecular complexity index is 140. The lowest BCUT2D eigenvalue weighted by molar-refractivity contribution is -0.0329. The smallest absolute Gasteiger partial charge is 0.0860 e. The maximum atomic E-state index is 8.87. The van der Waals surface area contributed by atoms with E-state index in [1.54, 1.807) is 7.11 Å². The van der Waals surface area contributed by atoms with Crippen LogP contribution in [0.4, 0.5) is 0 Å². The van der Waals surface area contributed by atoms with E-state index in [-0.39, 0.29) is 24.9 Å². The minimum Gasteiger partial charge on any atom is -0.394 e. The normalized spacial score (nSPS) is 33.9. The Morgan fingerprint density at radius 2 is 2.23 bits per heavy atom. The quantitative estimate of drug-likeness (QED) is 0.629. The highest BCUT2D eigenvalue weighted by molar-refractivity contribution is 4.79. The molecule has 13 heavy (non-hydrogen) atoms. The third kappa shape index (κ3) is 3.23. The fourth-order valence-corrected chi connectivity index (χ4v) is 1.50. The van der Waals surface area contributed by atoms with Crippen LogP contribution in [0.1, 0.15) is 13.3 Å². The highest BCUT2D eigenvalue weighted by Crippen LogP contribution is 2.22. The Morgan fingerprint density at radius 3 is 2.77 bits per heavy atom. The predicted octanol–water partition coefficient (Wildman–Crippen LogP) is 0.188. The summed E-state index contributed by atoms with van der Waals surface area (Å²) in [7, 11) is 1.65. The molecule has 4 heteroatoms. The summed E-state index contributed by atoms with van der Waals surface area (Å²) in [6.45, 7) is 3.24. The molecule has 1 fully saturated rings. The average Bonchev–Trinajstić information content (AvgIpc) is 2.48. The van der Waals surface area contributed by atoms with Gasteiger partial charge in [-0.1, -0.05) is 0 Å². The van der Waals surface area contributed by atoms with Crippen molar-refractivity contribution in [3.05, 3.63) is 0 Å². The van der Waals surface area contributed by atoms with Crippen molar-refractivity contribution >= 4 is 0 Å². The van der Waals surface area contributed by atoms with Gasteiger partial charge in [0.15, 0.2) is 0 Å². The minimum absolute atomic E-state index is 0.0532. The van der Waals surface area contributed by atoms with Gasteiger partial charge in [-0.2, -0.15) is 0 Å². The summed E-state index contributed by atoms with van der Waals surface area (Å²) in [4.78, 5) is 0. The molecule has 0 aromatic heterocycles. The van der Waals surface area contributed by atoms with Crippen LogP contribution in [-0.2, 0) is 14.2 Å². The van der Waals surface area contributed by atoms with Crippen LogP contribution in [0, 0.1) is 0 Å². The molecule has 1 rings (SSSR count). The van der Waals surface area contributed by atoms with Crippen LogP contribution in [0.25, 0.3) is 0 Å². The molecule has 0 aliphatic carbocycles. The molecule has 0 aromatic rings. The zero-order valence-electron chi connectivity index (χ0n) is 8.23. The van der Waals surface area contributed by atoms with Crippen molar-refractivity contribution in [3.8, 4) is 0 Å². The summed E-state index contributed by atoms with van der Waals surface area (Å²) in [5, 5.41) is 8.87. The van der Waals surface area contributed by atoms with Crippen LogP contribution < -0.4 is 0 Å². The molecule has 0 spiro atoms. The van der Waals surface area contributed by atoms with Gasteiger partial charge in [0.1, 0.15) is 0 Å². The van der Waals surface area contributed by atoms with Crippen LogP contribution >= 0.6 is 0 Å². The van der Waals surface area contributed by atoms with Crippen LogP contribution in [0.3, 0.4) is 0 Å². The third-order valence-electron chi connectivity index (χ3n) is 2.25. The fourth-order valence-electron chi connectivity index (χ4n) is 1.50. The molecular weight excluding hydrogens is 172 g/mol. The SMILES string of the molecule is COCCO[C@@H]1C[C@@H](CO)O[C@H]1C. The Kier molecular flexibility index (Phi) is 4.66. The standard InChI is InChI=1S/C9H18O4/c1-7-9(12-4-3-11-2)5-8(6-10)13-7/h7-10H,3-6H2,1-2H3/t7-,8-,9+/m0/s1. The predicted molar refractivity (Wildman–Crippen MR) is 47.7 cm³/mol. The van der Waals surface area contributed by atoms with Crippen molar-refractivity contribution in [2.45, 2.75) is 31.7 Å². The van der Waals surface area contributed by atoms with Gasteiger partial charge >= 0.3 is 0 Å². The molecule has 0 saturated carbocycles. The molecule has 0 radical (unpaired) electrons. The first-order valence-corrected chi connectivity index (χ1v) is 4.64. The van der Waals surface area contributed by atoms with Gasteiger partial charge in [0.25, 0.3) is 0 Å². The molecule has 1 heterocycles. The average molecular weight is 190 g/mol. The largest absolute Gasteiger partial charge is 0.394 e. The zero-order chi connectivity index (χ0) is 9.68. The molecule has 3 atom stereocenters. The van der Waals surface area contributed by atoms with Crippen molar-refractivity contribution in [1.82, 2.24) is 0 Å². The van der Waals surface area contributed by atoms with E-state index in [0.717, 1.165) is 6.42 Å². The summed E-state index contributed by atoms with van der Waals surface area (Å²) in [5.41, 5.74) is 0. The molecule has 1 aliphatic rings. The number of ether oxygens (including phenoxy) is 3. The van der Waals surface area contributed by atoms with Crippen molar-refractivity contribution in [3.63, 3.8) is 0 Å². The number of hydrogen-bond acceptors (Lipinski definition) is 4. The van der Waals surface area contributed by atoms with Crippen molar-refractivity contribution in [2.75, 3.05) is 26.9 Å². The molecule has 0 unspecified atom stereocenters. The number of rotatable bonds is 5. The number of methoxy groups -OCH3 is 1.